The van der Waals surface area contributed by atoms with Crippen LogP contribution < -0.4 is 5.73 Å². The van der Waals surface area contributed by atoms with Crippen molar-refractivity contribution in [1.29, 1.82) is 0 Å². The summed E-state index contributed by atoms with van der Waals surface area (Å²) in [7, 11) is 0. The maximum Gasteiger partial charge on any atom is 0.0730 e. The Morgan fingerprint density at radius 2 is 2.20 bits per heavy atom. The topological polar surface area (TPSA) is 62.0 Å². The minimum atomic E-state index is -0.475. The summed E-state index contributed by atoms with van der Waals surface area (Å²) in [5.74, 6) is 0. The van der Waals surface area contributed by atoms with Crippen LogP contribution in [-0.2, 0) is 0 Å². The van der Waals surface area contributed by atoms with Gasteiger partial charge in [0.25, 0.3) is 0 Å². The summed E-state index contributed by atoms with van der Waals surface area (Å²) in [6, 6.07) is 7.70. The van der Waals surface area contributed by atoms with E-state index in [0.717, 1.165) is 16.5 Å². The first kappa shape index (κ1) is 10.2. The summed E-state index contributed by atoms with van der Waals surface area (Å²) in [5, 5.41) is 10.8. The van der Waals surface area contributed by atoms with Gasteiger partial charge in [0.15, 0.2) is 0 Å². The summed E-state index contributed by atoms with van der Waals surface area (Å²) < 4.78 is 0. The van der Waals surface area contributed by atoms with Gasteiger partial charge >= 0.3 is 0 Å². The van der Waals surface area contributed by atoms with Crippen molar-refractivity contribution in [1.82, 2.24) is 4.98 Å². The summed E-state index contributed by atoms with van der Waals surface area (Å²) in [4.78, 5) is 3.13. The van der Waals surface area contributed by atoms with E-state index in [-0.39, 0.29) is 6.04 Å². The number of benzene rings is 1. The zero-order valence-corrected chi connectivity index (χ0v) is 8.77. The first-order chi connectivity index (χ1) is 7.22. The maximum atomic E-state index is 9.67. The van der Waals surface area contributed by atoms with E-state index < -0.39 is 6.10 Å². The lowest BCUT2D eigenvalue weighted by Crippen LogP contribution is -2.25. The van der Waals surface area contributed by atoms with E-state index >= 15 is 0 Å². The smallest absolute Gasteiger partial charge is 0.0730 e. The van der Waals surface area contributed by atoms with Crippen LogP contribution in [0.5, 0.6) is 0 Å². The highest BCUT2D eigenvalue weighted by Crippen LogP contribution is 2.21. The molecular formula is C12H16N2O. The number of hydrogen-bond acceptors (Lipinski definition) is 2. The molecule has 1 aromatic carbocycles. The van der Waals surface area contributed by atoms with Crippen LogP contribution in [-0.4, -0.2) is 16.2 Å². The summed E-state index contributed by atoms with van der Waals surface area (Å²) in [5.41, 5.74) is 7.98. The van der Waals surface area contributed by atoms with Crippen molar-refractivity contribution in [2.75, 3.05) is 0 Å². The van der Waals surface area contributed by atoms with E-state index in [1.165, 1.54) is 0 Å². The number of hydrogen-bond donors (Lipinski definition) is 3. The first-order valence-electron chi connectivity index (χ1n) is 5.23. The Labute approximate surface area is 88.9 Å². The Kier molecular flexibility index (Phi) is 2.75. The molecule has 3 heteroatoms. The van der Waals surface area contributed by atoms with Gasteiger partial charge in [-0.05, 0) is 29.5 Å². The minimum Gasteiger partial charge on any atom is -0.391 e. The van der Waals surface area contributed by atoms with Crippen LogP contribution in [0.2, 0.25) is 0 Å². The molecular weight excluding hydrogens is 188 g/mol. The monoisotopic (exact) mass is 204 g/mol. The van der Waals surface area contributed by atoms with E-state index in [1.807, 2.05) is 37.4 Å². The number of fused-ring (bicyclic) bond motifs is 1. The van der Waals surface area contributed by atoms with Gasteiger partial charge in [0.1, 0.15) is 0 Å². The zero-order chi connectivity index (χ0) is 10.8. The van der Waals surface area contributed by atoms with Crippen molar-refractivity contribution in [3.63, 3.8) is 0 Å². The number of nitrogens with two attached hydrogens (primary N) is 1. The second-order valence-electron chi connectivity index (χ2n) is 3.83. The molecule has 2 atom stereocenters. The molecule has 0 saturated heterocycles. The molecule has 1 heterocycles. The number of nitrogens with one attached hydrogen (secondary N) is 1. The average molecular weight is 204 g/mol. The van der Waals surface area contributed by atoms with Gasteiger partial charge in [0.05, 0.1) is 12.1 Å². The molecule has 3 nitrogen and oxygen atoms in total. The lowest BCUT2D eigenvalue weighted by molar-refractivity contribution is 0.141. The fourth-order valence-corrected chi connectivity index (χ4v) is 1.75. The lowest BCUT2D eigenvalue weighted by atomic mass is 10.00. The normalized spacial score (nSPS) is 15.4. The molecule has 0 fully saturated rings. The van der Waals surface area contributed by atoms with E-state index in [1.54, 1.807) is 0 Å². The molecule has 4 N–H and O–H groups in total. The van der Waals surface area contributed by atoms with Crippen LogP contribution in [0.1, 0.15) is 24.9 Å². The van der Waals surface area contributed by atoms with Crippen molar-refractivity contribution in [2.45, 2.75) is 25.5 Å². The van der Waals surface area contributed by atoms with Crippen LogP contribution in [0.25, 0.3) is 10.9 Å². The second kappa shape index (κ2) is 4.04. The Hall–Kier alpha value is -1.32. The Balaban J connectivity index is 2.35. The van der Waals surface area contributed by atoms with Gasteiger partial charge in [0, 0.05) is 11.7 Å². The van der Waals surface area contributed by atoms with Gasteiger partial charge < -0.3 is 15.8 Å². The standard InChI is InChI=1S/C12H16N2O/c1-2-11(15)12(13)9-4-3-8-5-6-14-10(8)7-9/h3-7,11-12,14-15H,2,13H2,1H3/t11-,12+/m0/s1. The van der Waals surface area contributed by atoms with Gasteiger partial charge in [-0.1, -0.05) is 19.1 Å². The third-order valence-corrected chi connectivity index (χ3v) is 2.80. The Morgan fingerprint density at radius 1 is 1.40 bits per heavy atom. The predicted molar refractivity (Wildman–Crippen MR) is 61.5 cm³/mol. The van der Waals surface area contributed by atoms with Crippen LogP contribution in [0, 0.1) is 0 Å². The molecule has 0 amide bonds. The lowest BCUT2D eigenvalue weighted by Gasteiger charge is -2.17. The molecule has 2 rings (SSSR count). The molecule has 0 bridgehead atoms. The molecule has 1 aromatic heterocycles. The molecule has 0 spiro atoms. The van der Waals surface area contributed by atoms with Crippen molar-refractivity contribution in [3.05, 3.63) is 36.0 Å². The summed E-state index contributed by atoms with van der Waals surface area (Å²) in [6.45, 7) is 1.93. The molecule has 80 valence electrons. The number of aliphatic hydroxyl groups excluding tert-OH is 1. The van der Waals surface area contributed by atoms with Gasteiger partial charge in [-0.25, -0.2) is 0 Å². The number of H-pyrrole nitrogens is 1. The van der Waals surface area contributed by atoms with Gasteiger partial charge in [0.2, 0.25) is 0 Å². The number of aromatic nitrogens is 1. The molecule has 0 aliphatic carbocycles. The van der Waals surface area contributed by atoms with Crippen molar-refractivity contribution >= 4 is 10.9 Å². The van der Waals surface area contributed by atoms with E-state index in [9.17, 15) is 5.11 Å². The van der Waals surface area contributed by atoms with Gasteiger partial charge in [-0.2, -0.15) is 0 Å². The van der Waals surface area contributed by atoms with Gasteiger partial charge in [-0.15, -0.1) is 0 Å². The van der Waals surface area contributed by atoms with Gasteiger partial charge in [-0.3, -0.25) is 0 Å². The van der Waals surface area contributed by atoms with E-state index in [2.05, 4.69) is 4.98 Å². The van der Waals surface area contributed by atoms with Crippen molar-refractivity contribution in [2.24, 2.45) is 5.73 Å². The van der Waals surface area contributed by atoms with Crippen LogP contribution in [0.4, 0.5) is 0 Å². The number of aromatic amines is 1. The second-order valence-corrected chi connectivity index (χ2v) is 3.83. The molecule has 0 aliphatic rings. The van der Waals surface area contributed by atoms with Crippen molar-refractivity contribution in [3.8, 4) is 0 Å². The third-order valence-electron chi connectivity index (χ3n) is 2.80. The fourth-order valence-electron chi connectivity index (χ4n) is 1.75. The summed E-state index contributed by atoms with van der Waals surface area (Å²) >= 11 is 0. The largest absolute Gasteiger partial charge is 0.391 e. The van der Waals surface area contributed by atoms with Crippen LogP contribution >= 0.6 is 0 Å². The Bertz CT molecular complexity index is 450. The highest BCUT2D eigenvalue weighted by Gasteiger charge is 2.14. The van der Waals surface area contributed by atoms with E-state index in [0.29, 0.717) is 6.42 Å². The predicted octanol–water partition coefficient (Wildman–Crippen LogP) is 1.94. The van der Waals surface area contributed by atoms with Crippen LogP contribution in [0.3, 0.4) is 0 Å². The quantitative estimate of drug-likeness (QED) is 0.715. The fraction of sp³-hybridized carbons (Fsp3) is 0.333. The molecule has 0 unspecified atom stereocenters. The first-order valence-corrected chi connectivity index (χ1v) is 5.23. The number of rotatable bonds is 3. The highest BCUT2D eigenvalue weighted by atomic mass is 16.3. The maximum absolute atomic E-state index is 9.67. The minimum absolute atomic E-state index is 0.303. The molecule has 2 aromatic rings. The zero-order valence-electron chi connectivity index (χ0n) is 8.77. The number of aliphatic hydroxyl groups is 1. The molecule has 15 heavy (non-hydrogen) atoms. The SMILES string of the molecule is CC[C@H](O)[C@H](N)c1ccc2cc[nH]c2c1. The molecule has 0 aliphatic heterocycles. The highest BCUT2D eigenvalue weighted by molar-refractivity contribution is 5.79. The average Bonchev–Trinajstić information content (AvgIpc) is 2.73. The third kappa shape index (κ3) is 1.89. The Morgan fingerprint density at radius 3 is 2.93 bits per heavy atom. The summed E-state index contributed by atoms with van der Waals surface area (Å²) in [6.07, 6.45) is 2.09. The molecule has 0 saturated carbocycles. The van der Waals surface area contributed by atoms with E-state index in [4.69, 9.17) is 5.73 Å². The van der Waals surface area contributed by atoms with Crippen LogP contribution in [0.15, 0.2) is 30.5 Å². The molecule has 0 radical (unpaired) electrons. The van der Waals surface area contributed by atoms with Crippen molar-refractivity contribution < 1.29 is 5.11 Å².